The quantitative estimate of drug-likeness (QED) is 0.588. The molecule has 1 amide bonds. The molecule has 0 heterocycles. The SMILES string of the molecule is CCC(C)(N)C(=O)NCCC#N. The lowest BCUT2D eigenvalue weighted by Gasteiger charge is -2.20. The normalized spacial score (nSPS) is 14.5. The molecule has 0 radical (unpaired) electrons. The van der Waals surface area contributed by atoms with Gasteiger partial charge in [-0.25, -0.2) is 0 Å². The lowest BCUT2D eigenvalue weighted by Crippen LogP contribution is -2.51. The number of nitrogens with two attached hydrogens (primary N) is 1. The van der Waals surface area contributed by atoms with Crippen LogP contribution in [-0.2, 0) is 4.79 Å². The molecule has 4 nitrogen and oxygen atoms in total. The van der Waals surface area contributed by atoms with Gasteiger partial charge in [-0.15, -0.1) is 0 Å². The summed E-state index contributed by atoms with van der Waals surface area (Å²) in [6.07, 6.45) is 0.914. The molecule has 0 spiro atoms. The minimum atomic E-state index is -0.810. The fourth-order valence-corrected chi connectivity index (χ4v) is 0.594. The molecule has 0 saturated carbocycles. The van der Waals surface area contributed by atoms with E-state index in [0.29, 0.717) is 19.4 Å². The van der Waals surface area contributed by atoms with Crippen molar-refractivity contribution in [1.82, 2.24) is 5.32 Å². The molecule has 0 aromatic carbocycles. The van der Waals surface area contributed by atoms with E-state index in [0.717, 1.165) is 0 Å². The van der Waals surface area contributed by atoms with Gasteiger partial charge in [-0.3, -0.25) is 4.79 Å². The van der Waals surface area contributed by atoms with E-state index in [1.165, 1.54) is 0 Å². The fourth-order valence-electron chi connectivity index (χ4n) is 0.594. The number of hydrogen-bond donors (Lipinski definition) is 2. The van der Waals surface area contributed by atoms with Gasteiger partial charge in [0.15, 0.2) is 0 Å². The summed E-state index contributed by atoms with van der Waals surface area (Å²) < 4.78 is 0. The third-order valence-corrected chi connectivity index (χ3v) is 1.78. The molecule has 0 rings (SSSR count). The molecule has 68 valence electrons. The van der Waals surface area contributed by atoms with Crippen molar-refractivity contribution in [3.05, 3.63) is 0 Å². The second-order valence-electron chi connectivity index (χ2n) is 2.94. The van der Waals surface area contributed by atoms with E-state index >= 15 is 0 Å². The van der Waals surface area contributed by atoms with Crippen molar-refractivity contribution < 1.29 is 4.79 Å². The van der Waals surface area contributed by atoms with Gasteiger partial charge in [0.2, 0.25) is 5.91 Å². The summed E-state index contributed by atoms with van der Waals surface area (Å²) >= 11 is 0. The molecule has 0 saturated heterocycles. The molecule has 4 heteroatoms. The zero-order valence-corrected chi connectivity index (χ0v) is 7.55. The van der Waals surface area contributed by atoms with E-state index in [2.05, 4.69) is 5.32 Å². The molecule has 1 atom stereocenters. The average molecular weight is 169 g/mol. The summed E-state index contributed by atoms with van der Waals surface area (Å²) in [6.45, 7) is 3.90. The smallest absolute Gasteiger partial charge is 0.239 e. The molecule has 12 heavy (non-hydrogen) atoms. The Bertz CT molecular complexity index is 193. The van der Waals surface area contributed by atoms with Gasteiger partial charge in [0.05, 0.1) is 18.0 Å². The highest BCUT2D eigenvalue weighted by molar-refractivity contribution is 5.85. The minimum Gasteiger partial charge on any atom is -0.353 e. The summed E-state index contributed by atoms with van der Waals surface area (Å²) in [5, 5.41) is 10.8. The molecule has 0 aliphatic rings. The summed E-state index contributed by atoms with van der Waals surface area (Å²) in [5.74, 6) is -0.194. The Kier molecular flexibility index (Phi) is 4.30. The van der Waals surface area contributed by atoms with Gasteiger partial charge in [0.25, 0.3) is 0 Å². The second-order valence-corrected chi connectivity index (χ2v) is 2.94. The Hall–Kier alpha value is -1.08. The van der Waals surface area contributed by atoms with Crippen LogP contribution < -0.4 is 11.1 Å². The number of amides is 1. The van der Waals surface area contributed by atoms with Crippen LogP contribution in [0.5, 0.6) is 0 Å². The highest BCUT2D eigenvalue weighted by Crippen LogP contribution is 2.03. The average Bonchev–Trinajstić information content (AvgIpc) is 2.05. The van der Waals surface area contributed by atoms with Gasteiger partial charge >= 0.3 is 0 Å². The topological polar surface area (TPSA) is 78.9 Å². The van der Waals surface area contributed by atoms with Crippen LogP contribution in [0.1, 0.15) is 26.7 Å². The van der Waals surface area contributed by atoms with Gasteiger partial charge in [-0.2, -0.15) is 5.26 Å². The van der Waals surface area contributed by atoms with E-state index in [-0.39, 0.29) is 5.91 Å². The Labute approximate surface area is 72.7 Å². The van der Waals surface area contributed by atoms with Gasteiger partial charge in [0, 0.05) is 6.54 Å². The van der Waals surface area contributed by atoms with Gasteiger partial charge in [-0.05, 0) is 13.3 Å². The Morgan fingerprint density at radius 3 is 2.75 bits per heavy atom. The number of hydrogen-bond acceptors (Lipinski definition) is 3. The maximum atomic E-state index is 11.2. The number of carbonyl (C=O) groups excluding carboxylic acids is 1. The first-order valence-electron chi connectivity index (χ1n) is 3.98. The highest BCUT2D eigenvalue weighted by Gasteiger charge is 2.24. The summed E-state index contributed by atoms with van der Waals surface area (Å²) in [7, 11) is 0. The summed E-state index contributed by atoms with van der Waals surface area (Å²) in [6, 6.07) is 1.94. The van der Waals surface area contributed by atoms with Crippen molar-refractivity contribution in [3.63, 3.8) is 0 Å². The molecular weight excluding hydrogens is 154 g/mol. The number of nitrogens with zero attached hydrogens (tertiary/aromatic N) is 1. The van der Waals surface area contributed by atoms with Crippen LogP contribution in [0.25, 0.3) is 0 Å². The van der Waals surface area contributed by atoms with E-state index in [9.17, 15) is 4.79 Å². The van der Waals surface area contributed by atoms with E-state index < -0.39 is 5.54 Å². The van der Waals surface area contributed by atoms with Crippen molar-refractivity contribution >= 4 is 5.91 Å². The van der Waals surface area contributed by atoms with Gasteiger partial charge in [-0.1, -0.05) is 6.92 Å². The first-order valence-corrected chi connectivity index (χ1v) is 3.98. The zero-order chi connectivity index (χ0) is 9.61. The second kappa shape index (κ2) is 4.73. The van der Waals surface area contributed by atoms with Crippen LogP contribution in [0.3, 0.4) is 0 Å². The van der Waals surface area contributed by atoms with E-state index in [4.69, 9.17) is 11.0 Å². The predicted octanol–water partition coefficient (Wildman–Crippen LogP) is 0.144. The maximum Gasteiger partial charge on any atom is 0.239 e. The monoisotopic (exact) mass is 169 g/mol. The third kappa shape index (κ3) is 3.35. The van der Waals surface area contributed by atoms with E-state index in [1.54, 1.807) is 6.92 Å². The lowest BCUT2D eigenvalue weighted by molar-refractivity contribution is -0.125. The molecule has 0 fully saturated rings. The van der Waals surface area contributed by atoms with Crippen LogP contribution in [0, 0.1) is 11.3 Å². The van der Waals surface area contributed by atoms with Gasteiger partial charge < -0.3 is 11.1 Å². The van der Waals surface area contributed by atoms with Crippen molar-refractivity contribution in [2.75, 3.05) is 6.54 Å². The van der Waals surface area contributed by atoms with Crippen molar-refractivity contribution in [3.8, 4) is 6.07 Å². The molecule has 1 unspecified atom stereocenters. The highest BCUT2D eigenvalue weighted by atomic mass is 16.2. The Morgan fingerprint density at radius 2 is 2.33 bits per heavy atom. The molecule has 0 bridgehead atoms. The summed E-state index contributed by atoms with van der Waals surface area (Å²) in [4.78, 5) is 11.2. The molecule has 0 aromatic rings. The number of rotatable bonds is 4. The Morgan fingerprint density at radius 1 is 1.75 bits per heavy atom. The standard InChI is InChI=1S/C8H15N3O/c1-3-8(2,10)7(12)11-6-4-5-9/h3-4,6,10H2,1-2H3,(H,11,12). The third-order valence-electron chi connectivity index (χ3n) is 1.78. The molecular formula is C8H15N3O. The summed E-state index contributed by atoms with van der Waals surface area (Å²) in [5.41, 5.74) is 4.84. The van der Waals surface area contributed by atoms with Gasteiger partial charge in [0.1, 0.15) is 0 Å². The van der Waals surface area contributed by atoms with E-state index in [1.807, 2.05) is 13.0 Å². The van der Waals surface area contributed by atoms with Crippen LogP contribution in [0.2, 0.25) is 0 Å². The van der Waals surface area contributed by atoms with Crippen molar-refractivity contribution in [2.24, 2.45) is 5.73 Å². The van der Waals surface area contributed by atoms with Crippen LogP contribution >= 0.6 is 0 Å². The predicted molar refractivity (Wildman–Crippen MR) is 46.1 cm³/mol. The number of nitriles is 1. The molecule has 3 N–H and O–H groups in total. The fraction of sp³-hybridized carbons (Fsp3) is 0.750. The van der Waals surface area contributed by atoms with Crippen molar-refractivity contribution in [1.29, 1.82) is 5.26 Å². The lowest BCUT2D eigenvalue weighted by atomic mass is 10.00. The Balaban J connectivity index is 3.81. The number of nitrogens with one attached hydrogen (secondary N) is 1. The number of carbonyl (C=O) groups is 1. The molecule has 0 aliphatic carbocycles. The van der Waals surface area contributed by atoms with Crippen molar-refractivity contribution in [2.45, 2.75) is 32.2 Å². The first kappa shape index (κ1) is 10.9. The molecule has 0 aromatic heterocycles. The first-order chi connectivity index (χ1) is 5.54. The maximum absolute atomic E-state index is 11.2. The van der Waals surface area contributed by atoms with Crippen LogP contribution in [0.4, 0.5) is 0 Å². The van der Waals surface area contributed by atoms with Crippen LogP contribution in [0.15, 0.2) is 0 Å². The van der Waals surface area contributed by atoms with Crippen LogP contribution in [-0.4, -0.2) is 18.0 Å². The molecule has 0 aliphatic heterocycles. The minimum absolute atomic E-state index is 0.194. The largest absolute Gasteiger partial charge is 0.353 e. The zero-order valence-electron chi connectivity index (χ0n) is 7.55.